The van der Waals surface area contributed by atoms with Crippen LogP contribution in [-0.4, -0.2) is 7.11 Å². The molecule has 0 N–H and O–H groups in total. The van der Waals surface area contributed by atoms with Gasteiger partial charge >= 0.3 is 0 Å². The van der Waals surface area contributed by atoms with Gasteiger partial charge in [0.05, 0.1) is 6.10 Å². The first-order valence-electron chi connectivity index (χ1n) is 6.99. The summed E-state index contributed by atoms with van der Waals surface area (Å²) in [4.78, 5) is 0. The number of hydrogen-bond donors (Lipinski definition) is 0. The van der Waals surface area contributed by atoms with Crippen molar-refractivity contribution in [2.45, 2.75) is 44.6 Å². The number of unbranched alkanes of at least 4 members (excludes halogenated alkanes) is 4. The quantitative estimate of drug-likeness (QED) is 0.354. The number of benzene rings is 1. The average molecular weight is 256 g/mol. The van der Waals surface area contributed by atoms with E-state index in [1.807, 2.05) is 6.08 Å². The Kier molecular flexibility index (Phi) is 7.70. The zero-order chi connectivity index (χ0) is 13.9. The normalized spacial score (nSPS) is 11.8. The molecule has 1 nitrogen and oxygen atoms in total. The van der Waals surface area contributed by atoms with Crippen LogP contribution < -0.4 is 0 Å². The molecular weight excluding hydrogens is 232 g/mol. The number of ether oxygens (including phenoxy) is 1. The summed E-state index contributed by atoms with van der Waals surface area (Å²) in [6.07, 6.45) is 14.0. The molecule has 0 amide bonds. The smallest absolute Gasteiger partial charge is 0.1000 e. The SMILES string of the molecule is C#CCCCCCCc1ccc(C(C=C)OC)cc1. The number of hydrogen-bond acceptors (Lipinski definition) is 1. The molecule has 0 spiro atoms. The molecule has 1 unspecified atom stereocenters. The van der Waals surface area contributed by atoms with Crippen LogP contribution in [0.2, 0.25) is 0 Å². The van der Waals surface area contributed by atoms with Crippen molar-refractivity contribution < 1.29 is 4.74 Å². The van der Waals surface area contributed by atoms with E-state index in [1.54, 1.807) is 7.11 Å². The van der Waals surface area contributed by atoms with Crippen molar-refractivity contribution in [1.29, 1.82) is 0 Å². The van der Waals surface area contributed by atoms with Gasteiger partial charge in [-0.1, -0.05) is 43.2 Å². The van der Waals surface area contributed by atoms with Gasteiger partial charge in [-0.2, -0.15) is 0 Å². The lowest BCUT2D eigenvalue weighted by molar-refractivity contribution is 0.143. The molecule has 0 fully saturated rings. The second kappa shape index (κ2) is 9.42. The second-order valence-corrected chi connectivity index (χ2v) is 4.75. The van der Waals surface area contributed by atoms with Crippen LogP contribution in [0.5, 0.6) is 0 Å². The van der Waals surface area contributed by atoms with Gasteiger partial charge in [-0.3, -0.25) is 0 Å². The van der Waals surface area contributed by atoms with E-state index in [2.05, 4.69) is 36.8 Å². The van der Waals surface area contributed by atoms with E-state index in [9.17, 15) is 0 Å². The summed E-state index contributed by atoms with van der Waals surface area (Å²) in [5, 5.41) is 0. The highest BCUT2D eigenvalue weighted by Crippen LogP contribution is 2.19. The second-order valence-electron chi connectivity index (χ2n) is 4.75. The summed E-state index contributed by atoms with van der Waals surface area (Å²) in [6, 6.07) is 8.63. The minimum absolute atomic E-state index is 0.00203. The minimum Gasteiger partial charge on any atom is -0.373 e. The van der Waals surface area contributed by atoms with Gasteiger partial charge in [0.1, 0.15) is 0 Å². The fraction of sp³-hybridized carbons (Fsp3) is 0.444. The Labute approximate surface area is 117 Å². The van der Waals surface area contributed by atoms with Gasteiger partial charge in [0, 0.05) is 13.5 Å². The summed E-state index contributed by atoms with van der Waals surface area (Å²) in [5.41, 5.74) is 2.55. The van der Waals surface area contributed by atoms with E-state index >= 15 is 0 Å². The van der Waals surface area contributed by atoms with Gasteiger partial charge in [0.2, 0.25) is 0 Å². The van der Waals surface area contributed by atoms with E-state index in [-0.39, 0.29) is 6.10 Å². The molecule has 102 valence electrons. The number of methoxy groups -OCH3 is 1. The predicted octanol–water partition coefficient (Wildman–Crippen LogP) is 4.69. The van der Waals surface area contributed by atoms with E-state index < -0.39 is 0 Å². The zero-order valence-electron chi connectivity index (χ0n) is 11.9. The fourth-order valence-corrected chi connectivity index (χ4v) is 2.15. The Morgan fingerprint density at radius 1 is 1.21 bits per heavy atom. The van der Waals surface area contributed by atoms with Crippen LogP contribution in [0.25, 0.3) is 0 Å². The van der Waals surface area contributed by atoms with Crippen molar-refractivity contribution in [1.82, 2.24) is 0 Å². The fourth-order valence-electron chi connectivity index (χ4n) is 2.15. The van der Waals surface area contributed by atoms with Crippen molar-refractivity contribution in [3.63, 3.8) is 0 Å². The van der Waals surface area contributed by atoms with Crippen molar-refractivity contribution >= 4 is 0 Å². The minimum atomic E-state index is -0.00203. The van der Waals surface area contributed by atoms with E-state index in [1.165, 1.54) is 24.8 Å². The molecule has 0 bridgehead atoms. The molecule has 1 atom stereocenters. The Balaban J connectivity index is 2.32. The van der Waals surface area contributed by atoms with Gasteiger partial charge in [-0.25, -0.2) is 0 Å². The first kappa shape index (κ1) is 15.5. The molecule has 0 aromatic heterocycles. The van der Waals surface area contributed by atoms with Crippen LogP contribution in [0.15, 0.2) is 36.9 Å². The lowest BCUT2D eigenvalue weighted by Gasteiger charge is -2.11. The predicted molar refractivity (Wildman–Crippen MR) is 82.0 cm³/mol. The molecule has 1 aromatic carbocycles. The van der Waals surface area contributed by atoms with Gasteiger partial charge in [0.25, 0.3) is 0 Å². The summed E-state index contributed by atoms with van der Waals surface area (Å²) in [7, 11) is 1.70. The third-order valence-electron chi connectivity index (χ3n) is 3.31. The van der Waals surface area contributed by atoms with Crippen LogP contribution in [0, 0.1) is 12.3 Å². The summed E-state index contributed by atoms with van der Waals surface area (Å²) in [6.45, 7) is 3.78. The van der Waals surface area contributed by atoms with Gasteiger partial charge in [-0.15, -0.1) is 18.9 Å². The van der Waals surface area contributed by atoms with Crippen molar-refractivity contribution in [3.8, 4) is 12.3 Å². The standard InChI is InChI=1S/C18H24O/c1-4-6-7-8-9-10-11-16-12-14-17(15-13-16)18(5-2)19-3/h1,5,12-15,18H,2,6-11H2,3H3. The molecule has 0 aliphatic carbocycles. The Bertz CT molecular complexity index is 397. The number of terminal acetylenes is 1. The Morgan fingerprint density at radius 2 is 1.89 bits per heavy atom. The molecule has 0 saturated carbocycles. The molecular formula is C18H24O. The third kappa shape index (κ3) is 5.77. The van der Waals surface area contributed by atoms with Gasteiger partial charge in [0.15, 0.2) is 0 Å². The van der Waals surface area contributed by atoms with Crippen LogP contribution in [0.1, 0.15) is 49.3 Å². The number of aryl methyl sites for hydroxylation is 1. The van der Waals surface area contributed by atoms with Crippen LogP contribution in [0.3, 0.4) is 0 Å². The van der Waals surface area contributed by atoms with Gasteiger partial charge < -0.3 is 4.74 Å². The Morgan fingerprint density at radius 3 is 2.47 bits per heavy atom. The van der Waals surface area contributed by atoms with Crippen molar-refractivity contribution in [3.05, 3.63) is 48.0 Å². The van der Waals surface area contributed by atoms with E-state index in [4.69, 9.17) is 11.2 Å². The van der Waals surface area contributed by atoms with Gasteiger partial charge in [-0.05, 0) is 30.4 Å². The molecule has 0 heterocycles. The summed E-state index contributed by atoms with van der Waals surface area (Å²) < 4.78 is 5.33. The monoisotopic (exact) mass is 256 g/mol. The summed E-state index contributed by atoms with van der Waals surface area (Å²) in [5.74, 6) is 2.68. The topological polar surface area (TPSA) is 9.23 Å². The van der Waals surface area contributed by atoms with Crippen LogP contribution in [-0.2, 0) is 11.2 Å². The van der Waals surface area contributed by atoms with Crippen molar-refractivity contribution in [2.75, 3.05) is 7.11 Å². The lowest BCUT2D eigenvalue weighted by atomic mass is 10.0. The molecule has 0 aliphatic rings. The lowest BCUT2D eigenvalue weighted by Crippen LogP contribution is -1.97. The molecule has 1 aromatic rings. The first-order valence-corrected chi connectivity index (χ1v) is 6.99. The van der Waals surface area contributed by atoms with E-state index in [0.29, 0.717) is 0 Å². The maximum atomic E-state index is 5.33. The van der Waals surface area contributed by atoms with E-state index in [0.717, 1.165) is 24.8 Å². The molecule has 1 heteroatoms. The molecule has 0 saturated heterocycles. The highest BCUT2D eigenvalue weighted by molar-refractivity contribution is 5.26. The largest absolute Gasteiger partial charge is 0.373 e. The maximum Gasteiger partial charge on any atom is 0.1000 e. The molecule has 0 radical (unpaired) electrons. The third-order valence-corrected chi connectivity index (χ3v) is 3.31. The highest BCUT2D eigenvalue weighted by atomic mass is 16.5. The molecule has 0 aliphatic heterocycles. The summed E-state index contributed by atoms with van der Waals surface area (Å²) >= 11 is 0. The van der Waals surface area contributed by atoms with Crippen LogP contribution >= 0.6 is 0 Å². The first-order chi connectivity index (χ1) is 9.31. The Hall–Kier alpha value is -1.52. The highest BCUT2D eigenvalue weighted by Gasteiger charge is 2.04. The van der Waals surface area contributed by atoms with Crippen LogP contribution in [0.4, 0.5) is 0 Å². The molecule has 19 heavy (non-hydrogen) atoms. The molecule has 1 rings (SSSR count). The maximum absolute atomic E-state index is 5.33. The zero-order valence-corrected chi connectivity index (χ0v) is 11.9. The van der Waals surface area contributed by atoms with Crippen molar-refractivity contribution in [2.24, 2.45) is 0 Å². The number of rotatable bonds is 9. The average Bonchev–Trinajstić information content (AvgIpc) is 2.45.